The summed E-state index contributed by atoms with van der Waals surface area (Å²) in [5.74, 6) is 0. The average molecular weight is 491 g/mol. The van der Waals surface area contributed by atoms with Crippen molar-refractivity contribution >= 4 is 23.0 Å². The number of hydrogen-bond acceptors (Lipinski definition) is 8. The number of anilines is 2. The van der Waals surface area contributed by atoms with Crippen LogP contribution < -0.4 is 33.9 Å². The molecule has 0 fully saturated rings. The van der Waals surface area contributed by atoms with Crippen LogP contribution >= 0.6 is 11.6 Å². The maximum atomic E-state index is 9.35. The Morgan fingerprint density at radius 3 is 1.94 bits per heavy atom. The number of hydrogen-bond donors (Lipinski definition) is 7. The number of halogens is 1. The number of nitrogen functional groups attached to an aromatic ring is 2. The molecule has 0 aliphatic carbocycles. The molecule has 8 nitrogen and oxygen atoms in total. The highest BCUT2D eigenvalue weighted by Crippen LogP contribution is 2.17. The number of hydrazine groups is 1. The van der Waals surface area contributed by atoms with E-state index in [9.17, 15) is 5.11 Å². The van der Waals surface area contributed by atoms with Crippen LogP contribution in [-0.2, 0) is 11.4 Å². The second kappa shape index (κ2) is 18.7. The minimum absolute atomic E-state index is 0.470. The van der Waals surface area contributed by atoms with Crippen LogP contribution in [0.1, 0.15) is 36.6 Å². The van der Waals surface area contributed by atoms with Crippen LogP contribution in [-0.4, -0.2) is 18.4 Å². The van der Waals surface area contributed by atoms with Crippen LogP contribution in [0, 0.1) is 6.92 Å². The van der Waals surface area contributed by atoms with Crippen molar-refractivity contribution in [1.82, 2.24) is 11.0 Å². The van der Waals surface area contributed by atoms with Crippen molar-refractivity contribution in [1.29, 1.82) is 0 Å². The summed E-state index contributed by atoms with van der Waals surface area (Å²) in [5, 5.41) is 9.98. The van der Waals surface area contributed by atoms with Crippen molar-refractivity contribution in [3.8, 4) is 0 Å². The Balaban J connectivity index is 0.000000491. The van der Waals surface area contributed by atoms with E-state index >= 15 is 0 Å². The first kappa shape index (κ1) is 31.3. The van der Waals surface area contributed by atoms with E-state index in [-0.39, 0.29) is 0 Å². The second-order valence-electron chi connectivity index (χ2n) is 6.79. The van der Waals surface area contributed by atoms with E-state index in [0.29, 0.717) is 22.9 Å². The zero-order valence-corrected chi connectivity index (χ0v) is 21.1. The molecule has 0 saturated heterocycles. The van der Waals surface area contributed by atoms with Crippen molar-refractivity contribution in [2.45, 2.75) is 39.6 Å². The maximum absolute atomic E-state index is 9.35. The van der Waals surface area contributed by atoms with Crippen molar-refractivity contribution in [3.05, 3.63) is 94.5 Å². The molecular weight excluding hydrogens is 452 g/mol. The van der Waals surface area contributed by atoms with Gasteiger partial charge in [0.15, 0.2) is 0 Å². The number of nitrogens with two attached hydrogens (primary N) is 4. The molecule has 2 atom stereocenters. The topological polar surface area (TPSA) is 158 Å². The van der Waals surface area contributed by atoms with Gasteiger partial charge in [0.1, 0.15) is 6.23 Å². The van der Waals surface area contributed by atoms with Crippen LogP contribution in [0.15, 0.2) is 72.8 Å². The molecule has 0 aliphatic rings. The van der Waals surface area contributed by atoms with Gasteiger partial charge in [0.25, 0.3) is 0 Å². The molecule has 9 heteroatoms. The molecule has 0 heterocycles. The summed E-state index contributed by atoms with van der Waals surface area (Å²) in [5.41, 5.74) is 31.3. The quantitative estimate of drug-likeness (QED) is 0.157. The van der Waals surface area contributed by atoms with E-state index in [1.54, 1.807) is 24.3 Å². The molecule has 3 rings (SSSR count). The van der Waals surface area contributed by atoms with E-state index in [4.69, 9.17) is 34.5 Å². The third-order valence-corrected chi connectivity index (χ3v) is 4.46. The lowest BCUT2D eigenvalue weighted by molar-refractivity contribution is 0.0179. The first-order chi connectivity index (χ1) is 16.3. The summed E-state index contributed by atoms with van der Waals surface area (Å²) in [7, 11) is 1.45. The number of aliphatic hydroxyl groups excluding tert-OH is 1. The van der Waals surface area contributed by atoms with E-state index in [1.165, 1.54) is 12.7 Å². The molecule has 34 heavy (non-hydrogen) atoms. The fraction of sp³-hybridized carbons (Fsp3) is 0.280. The Hall–Kier alpha value is -2.69. The smallest absolute Gasteiger partial charge is 0.123 e. The Bertz CT molecular complexity index is 896. The molecule has 0 aromatic heterocycles. The van der Waals surface area contributed by atoms with Gasteiger partial charge in [-0.25, -0.2) is 5.43 Å². The highest BCUT2D eigenvalue weighted by atomic mass is 35.5. The molecule has 2 unspecified atom stereocenters. The number of aryl methyl sites for hydroxylation is 1. The lowest BCUT2D eigenvalue weighted by atomic mass is 10.1. The van der Waals surface area contributed by atoms with Crippen LogP contribution in [0.4, 0.5) is 11.4 Å². The van der Waals surface area contributed by atoms with Crippen molar-refractivity contribution < 1.29 is 9.94 Å². The van der Waals surface area contributed by atoms with Gasteiger partial charge in [-0.15, -0.1) is 5.59 Å². The Labute approximate surface area is 208 Å². The average Bonchev–Trinajstić information content (AvgIpc) is 2.85. The molecular formula is C25H39ClN6O2. The first-order valence-corrected chi connectivity index (χ1v) is 11.2. The molecule has 0 aliphatic heterocycles. The fourth-order valence-corrected chi connectivity index (χ4v) is 2.59. The SMILES string of the molecule is CC.CONNC(c1ccc(Cl)cc1)C(N)O.Cc1ccc(N)c(N)c1.NCc1ccccc1. The largest absolute Gasteiger partial charge is 0.397 e. The van der Waals surface area contributed by atoms with Crippen LogP contribution in [0.5, 0.6) is 0 Å². The van der Waals surface area contributed by atoms with Gasteiger partial charge in [0.05, 0.1) is 24.5 Å². The van der Waals surface area contributed by atoms with Gasteiger partial charge in [0.2, 0.25) is 0 Å². The van der Waals surface area contributed by atoms with E-state index in [0.717, 1.165) is 11.1 Å². The van der Waals surface area contributed by atoms with Crippen molar-refractivity contribution in [2.75, 3.05) is 18.6 Å². The predicted molar refractivity (Wildman–Crippen MR) is 143 cm³/mol. The van der Waals surface area contributed by atoms with Gasteiger partial charge in [-0.3, -0.25) is 4.84 Å². The maximum Gasteiger partial charge on any atom is 0.123 e. The van der Waals surface area contributed by atoms with Gasteiger partial charge < -0.3 is 28.0 Å². The van der Waals surface area contributed by atoms with Gasteiger partial charge in [-0.2, -0.15) is 0 Å². The van der Waals surface area contributed by atoms with Gasteiger partial charge >= 0.3 is 0 Å². The first-order valence-electron chi connectivity index (χ1n) is 10.9. The minimum atomic E-state index is -1.05. The van der Waals surface area contributed by atoms with Gasteiger partial charge in [-0.1, -0.05) is 74.0 Å². The molecule has 0 spiro atoms. The van der Waals surface area contributed by atoms with Gasteiger partial charge in [-0.05, 0) is 47.9 Å². The Kier molecular flexibility index (Phi) is 17.2. The molecule has 11 N–H and O–H groups in total. The van der Waals surface area contributed by atoms with Crippen LogP contribution in [0.2, 0.25) is 5.02 Å². The number of nitrogens with one attached hydrogen (secondary N) is 2. The standard InChI is InChI=1S/C9H14ClN3O2.C7H10N2.C7H9N.C2H6/c1-15-13-12-8(9(11)14)6-2-4-7(10)5-3-6;1-5-2-3-6(8)7(9)4-5;8-6-7-4-2-1-3-5-7;1-2/h2-5,8-9,12-14H,11H2,1H3;2-4H,8-9H2,1H3;1-5H,6,8H2;1-2H3. The zero-order valence-electron chi connectivity index (χ0n) is 20.3. The highest BCUT2D eigenvalue weighted by molar-refractivity contribution is 6.30. The fourth-order valence-electron chi connectivity index (χ4n) is 2.47. The van der Waals surface area contributed by atoms with Gasteiger partial charge in [0, 0.05) is 11.6 Å². The van der Waals surface area contributed by atoms with E-state index < -0.39 is 12.3 Å². The third-order valence-electron chi connectivity index (χ3n) is 4.21. The molecule has 3 aromatic carbocycles. The minimum Gasteiger partial charge on any atom is -0.397 e. The normalized spacial score (nSPS) is 11.4. The second-order valence-corrected chi connectivity index (χ2v) is 7.23. The molecule has 0 saturated carbocycles. The molecule has 3 aromatic rings. The molecule has 0 bridgehead atoms. The van der Waals surface area contributed by atoms with E-state index in [1.807, 2.05) is 69.3 Å². The van der Waals surface area contributed by atoms with Crippen LogP contribution in [0.25, 0.3) is 0 Å². The Morgan fingerprint density at radius 1 is 0.941 bits per heavy atom. The summed E-state index contributed by atoms with van der Waals surface area (Å²) >= 11 is 5.75. The lowest BCUT2D eigenvalue weighted by Crippen LogP contribution is -2.44. The van der Waals surface area contributed by atoms with Crippen molar-refractivity contribution in [2.24, 2.45) is 11.5 Å². The van der Waals surface area contributed by atoms with E-state index in [2.05, 4.69) is 15.9 Å². The summed E-state index contributed by atoms with van der Waals surface area (Å²) < 4.78 is 0. The monoisotopic (exact) mass is 490 g/mol. The summed E-state index contributed by atoms with van der Waals surface area (Å²) in [6, 6.07) is 22.1. The number of rotatable bonds is 6. The number of aliphatic hydroxyl groups is 1. The van der Waals surface area contributed by atoms with Crippen LogP contribution in [0.3, 0.4) is 0 Å². The van der Waals surface area contributed by atoms with Crippen molar-refractivity contribution in [3.63, 3.8) is 0 Å². The molecule has 0 radical (unpaired) electrons. The third kappa shape index (κ3) is 13.1. The summed E-state index contributed by atoms with van der Waals surface area (Å²) in [4.78, 5) is 4.61. The zero-order chi connectivity index (χ0) is 25.9. The summed E-state index contributed by atoms with van der Waals surface area (Å²) in [6.45, 7) is 6.62. The summed E-state index contributed by atoms with van der Waals surface area (Å²) in [6.07, 6.45) is -1.05. The Morgan fingerprint density at radius 2 is 1.53 bits per heavy atom. The number of benzene rings is 3. The molecule has 0 amide bonds. The molecule has 188 valence electrons. The highest BCUT2D eigenvalue weighted by Gasteiger charge is 2.16. The predicted octanol–water partition coefficient (Wildman–Crippen LogP) is 3.64. The lowest BCUT2D eigenvalue weighted by Gasteiger charge is -2.21.